The summed E-state index contributed by atoms with van der Waals surface area (Å²) in [6, 6.07) is 2.49. The maximum absolute atomic E-state index is 12.1. The monoisotopic (exact) mass is 390 g/mol. The summed E-state index contributed by atoms with van der Waals surface area (Å²) in [5, 5.41) is 11.5. The number of amides is 2. The lowest BCUT2D eigenvalue weighted by Gasteiger charge is -2.20. The lowest BCUT2D eigenvalue weighted by atomic mass is 10.0. The molecular weight excluding hydrogens is 372 g/mol. The number of likely N-dealkylation sites (N-methyl/N-ethyl adjacent to an activating group) is 1. The average Bonchev–Trinajstić information content (AvgIpc) is 2.82. The van der Waals surface area contributed by atoms with E-state index in [0.29, 0.717) is 11.3 Å². The van der Waals surface area contributed by atoms with Gasteiger partial charge in [0.15, 0.2) is 0 Å². The molecule has 0 aliphatic heterocycles. The highest BCUT2D eigenvalue weighted by atomic mass is 79.9. The zero-order valence-corrected chi connectivity index (χ0v) is 15.0. The number of aliphatic carboxylic acids is 1. The molecule has 122 valence electrons. The maximum Gasteiger partial charge on any atom is 0.326 e. The number of carbonyl (C=O) groups excluding carboxylic acids is 2. The van der Waals surface area contributed by atoms with Crippen molar-refractivity contribution in [2.75, 3.05) is 13.6 Å². The van der Waals surface area contributed by atoms with E-state index in [2.05, 4.69) is 21.2 Å². The predicted octanol–water partition coefficient (Wildman–Crippen LogP) is 2.20. The molecule has 1 aromatic rings. The van der Waals surface area contributed by atoms with Crippen LogP contribution < -0.4 is 5.32 Å². The van der Waals surface area contributed by atoms with E-state index in [1.807, 2.05) is 13.8 Å². The molecule has 22 heavy (non-hydrogen) atoms. The first-order valence-corrected chi connectivity index (χ1v) is 8.34. The summed E-state index contributed by atoms with van der Waals surface area (Å²) in [5.41, 5.74) is 0. The molecule has 0 bridgehead atoms. The van der Waals surface area contributed by atoms with Gasteiger partial charge in [0.05, 0.1) is 15.2 Å². The van der Waals surface area contributed by atoms with Crippen molar-refractivity contribution in [2.24, 2.45) is 5.92 Å². The van der Waals surface area contributed by atoms with Gasteiger partial charge in [0, 0.05) is 7.05 Å². The van der Waals surface area contributed by atoms with Crippen LogP contribution in [0.15, 0.2) is 15.9 Å². The number of carboxylic acids is 1. The minimum atomic E-state index is -1.07. The highest BCUT2D eigenvalue weighted by Gasteiger charge is 2.23. The fourth-order valence-electron chi connectivity index (χ4n) is 1.84. The number of nitrogens with one attached hydrogen (secondary N) is 1. The maximum atomic E-state index is 12.1. The van der Waals surface area contributed by atoms with Crippen molar-refractivity contribution < 1.29 is 19.5 Å². The Kier molecular flexibility index (Phi) is 7.02. The molecule has 1 atom stereocenters. The van der Waals surface area contributed by atoms with Crippen molar-refractivity contribution in [2.45, 2.75) is 26.3 Å². The lowest BCUT2D eigenvalue weighted by Crippen LogP contribution is -2.46. The van der Waals surface area contributed by atoms with Crippen LogP contribution in [0.25, 0.3) is 0 Å². The van der Waals surface area contributed by atoms with Crippen LogP contribution in [0.5, 0.6) is 0 Å². The van der Waals surface area contributed by atoms with Gasteiger partial charge in [-0.15, -0.1) is 11.3 Å². The summed E-state index contributed by atoms with van der Waals surface area (Å²) in [6.45, 7) is 3.58. The average molecular weight is 391 g/mol. The topological polar surface area (TPSA) is 86.7 Å². The second kappa shape index (κ2) is 8.28. The minimum Gasteiger partial charge on any atom is -0.480 e. The highest BCUT2D eigenvalue weighted by Crippen LogP contribution is 2.22. The van der Waals surface area contributed by atoms with E-state index in [4.69, 9.17) is 5.11 Å². The number of halogens is 1. The molecule has 1 aromatic heterocycles. The third kappa shape index (κ3) is 5.76. The van der Waals surface area contributed by atoms with E-state index in [1.54, 1.807) is 12.1 Å². The Morgan fingerprint density at radius 3 is 2.45 bits per heavy atom. The summed E-state index contributed by atoms with van der Waals surface area (Å²) >= 11 is 4.55. The number of carbonyl (C=O) groups is 3. The SMILES string of the molecule is CC(C)C[C@@H](NC(=O)CN(C)C(=O)c1ccc(Br)s1)C(=O)O. The van der Waals surface area contributed by atoms with Gasteiger partial charge in [0.2, 0.25) is 5.91 Å². The van der Waals surface area contributed by atoms with Crippen molar-refractivity contribution in [1.82, 2.24) is 10.2 Å². The lowest BCUT2D eigenvalue weighted by molar-refractivity contribution is -0.142. The number of thiophene rings is 1. The van der Waals surface area contributed by atoms with E-state index in [-0.39, 0.29) is 18.4 Å². The van der Waals surface area contributed by atoms with Crippen LogP contribution in [0.4, 0.5) is 0 Å². The van der Waals surface area contributed by atoms with Crippen LogP contribution in [0.1, 0.15) is 29.9 Å². The van der Waals surface area contributed by atoms with E-state index < -0.39 is 17.9 Å². The van der Waals surface area contributed by atoms with Gasteiger partial charge >= 0.3 is 5.97 Å². The Labute approximate surface area is 141 Å². The Morgan fingerprint density at radius 2 is 2.00 bits per heavy atom. The van der Waals surface area contributed by atoms with Crippen molar-refractivity contribution in [3.05, 3.63) is 20.8 Å². The predicted molar refractivity (Wildman–Crippen MR) is 88.0 cm³/mol. The molecule has 2 N–H and O–H groups in total. The molecule has 0 radical (unpaired) electrons. The quantitative estimate of drug-likeness (QED) is 0.746. The van der Waals surface area contributed by atoms with Gasteiger partial charge in [-0.1, -0.05) is 13.8 Å². The fraction of sp³-hybridized carbons (Fsp3) is 0.500. The van der Waals surface area contributed by atoms with Crippen molar-refractivity contribution in [3.63, 3.8) is 0 Å². The third-order valence-electron chi connectivity index (χ3n) is 2.85. The molecule has 0 aliphatic carbocycles. The summed E-state index contributed by atoms with van der Waals surface area (Å²) in [5.74, 6) is -1.69. The van der Waals surface area contributed by atoms with Crippen molar-refractivity contribution in [1.29, 1.82) is 0 Å². The smallest absolute Gasteiger partial charge is 0.326 e. The van der Waals surface area contributed by atoms with E-state index in [9.17, 15) is 14.4 Å². The molecule has 8 heteroatoms. The molecular formula is C14H19BrN2O4S. The van der Waals surface area contributed by atoms with Crippen LogP contribution in [0.2, 0.25) is 0 Å². The second-order valence-corrected chi connectivity index (χ2v) is 7.82. The van der Waals surface area contributed by atoms with Crippen LogP contribution in [0, 0.1) is 5.92 Å². The van der Waals surface area contributed by atoms with Crippen molar-refractivity contribution in [3.8, 4) is 0 Å². The molecule has 1 rings (SSSR count). The summed E-state index contributed by atoms with van der Waals surface area (Å²) in [7, 11) is 1.51. The van der Waals surface area contributed by atoms with Gasteiger partial charge in [-0.05, 0) is 40.4 Å². The molecule has 0 fully saturated rings. The minimum absolute atomic E-state index is 0.143. The van der Waals surface area contributed by atoms with Gasteiger partial charge < -0.3 is 15.3 Å². The molecule has 0 spiro atoms. The summed E-state index contributed by atoms with van der Waals surface area (Å²) in [6.07, 6.45) is 0.344. The Balaban J connectivity index is 2.59. The molecule has 2 amide bonds. The van der Waals surface area contributed by atoms with E-state index in [0.717, 1.165) is 3.79 Å². The van der Waals surface area contributed by atoms with Gasteiger partial charge in [-0.25, -0.2) is 4.79 Å². The van der Waals surface area contributed by atoms with Crippen LogP contribution in [-0.2, 0) is 9.59 Å². The van der Waals surface area contributed by atoms with Gasteiger partial charge in [-0.3, -0.25) is 9.59 Å². The summed E-state index contributed by atoms with van der Waals surface area (Å²) in [4.78, 5) is 36.9. The Morgan fingerprint density at radius 1 is 1.36 bits per heavy atom. The molecule has 0 aliphatic rings. The van der Waals surface area contributed by atoms with Crippen LogP contribution in [0.3, 0.4) is 0 Å². The third-order valence-corrected chi connectivity index (χ3v) is 4.46. The zero-order valence-electron chi connectivity index (χ0n) is 12.6. The number of hydrogen-bond acceptors (Lipinski definition) is 4. The molecule has 0 saturated heterocycles. The first kappa shape index (κ1) is 18.6. The number of hydrogen-bond donors (Lipinski definition) is 2. The Hall–Kier alpha value is -1.41. The molecule has 0 unspecified atom stereocenters. The van der Waals surface area contributed by atoms with Crippen LogP contribution in [-0.4, -0.2) is 47.4 Å². The molecule has 1 heterocycles. The van der Waals surface area contributed by atoms with E-state index >= 15 is 0 Å². The van der Waals surface area contributed by atoms with Crippen LogP contribution >= 0.6 is 27.3 Å². The molecule has 6 nitrogen and oxygen atoms in total. The highest BCUT2D eigenvalue weighted by molar-refractivity contribution is 9.11. The number of carboxylic acid groups (broad SMARTS) is 1. The zero-order chi connectivity index (χ0) is 16.9. The largest absolute Gasteiger partial charge is 0.480 e. The Bertz CT molecular complexity index is 559. The van der Waals surface area contributed by atoms with E-state index in [1.165, 1.54) is 23.3 Å². The normalized spacial score (nSPS) is 12.0. The standard InChI is InChI=1S/C14H19BrN2O4S/c1-8(2)6-9(14(20)21)16-12(18)7-17(3)13(19)10-4-5-11(15)22-10/h4-5,8-9H,6-7H2,1-3H3,(H,16,18)(H,20,21)/t9-/m1/s1. The summed E-state index contributed by atoms with van der Waals surface area (Å²) < 4.78 is 0.830. The second-order valence-electron chi connectivity index (χ2n) is 5.35. The van der Waals surface area contributed by atoms with Gasteiger partial charge in [0.1, 0.15) is 6.04 Å². The van der Waals surface area contributed by atoms with Gasteiger partial charge in [-0.2, -0.15) is 0 Å². The first-order valence-electron chi connectivity index (χ1n) is 6.73. The fourth-order valence-corrected chi connectivity index (χ4v) is 3.22. The number of rotatable bonds is 7. The molecule has 0 aromatic carbocycles. The first-order chi connectivity index (χ1) is 10.2. The number of nitrogens with zero attached hydrogens (tertiary/aromatic N) is 1. The van der Waals surface area contributed by atoms with Crippen molar-refractivity contribution >= 4 is 45.1 Å². The molecule has 0 saturated carbocycles. The van der Waals surface area contributed by atoms with Gasteiger partial charge in [0.25, 0.3) is 5.91 Å².